The van der Waals surface area contributed by atoms with Crippen molar-refractivity contribution >= 4 is 11.9 Å². The Morgan fingerprint density at radius 1 is 1.41 bits per heavy atom. The highest BCUT2D eigenvalue weighted by atomic mass is 16.5. The molecule has 1 rings (SSSR count). The van der Waals surface area contributed by atoms with Gasteiger partial charge in [0.05, 0.1) is 26.4 Å². The molecule has 17 heavy (non-hydrogen) atoms. The predicted molar refractivity (Wildman–Crippen MR) is 62.5 cm³/mol. The van der Waals surface area contributed by atoms with E-state index >= 15 is 0 Å². The quantitative estimate of drug-likeness (QED) is 0.675. The molecule has 0 spiro atoms. The molecule has 1 heterocycles. The summed E-state index contributed by atoms with van der Waals surface area (Å²) in [6.45, 7) is 3.95. The minimum absolute atomic E-state index is 0.115. The summed E-state index contributed by atoms with van der Waals surface area (Å²) < 4.78 is 9.88. The van der Waals surface area contributed by atoms with Crippen LogP contribution in [0.2, 0.25) is 0 Å². The maximum atomic E-state index is 12.0. The van der Waals surface area contributed by atoms with Gasteiger partial charge in [0.25, 0.3) is 0 Å². The molecule has 5 heteroatoms. The summed E-state index contributed by atoms with van der Waals surface area (Å²) in [5, 5.41) is 0. The van der Waals surface area contributed by atoms with E-state index in [1.54, 1.807) is 0 Å². The average Bonchev–Trinajstić information content (AvgIpc) is 2.38. The predicted octanol–water partition coefficient (Wildman–Crippen LogP) is 0.967. The van der Waals surface area contributed by atoms with E-state index < -0.39 is 0 Å². The van der Waals surface area contributed by atoms with E-state index in [4.69, 9.17) is 4.74 Å². The molecule has 1 saturated heterocycles. The highest BCUT2D eigenvalue weighted by Gasteiger charge is 2.25. The van der Waals surface area contributed by atoms with Gasteiger partial charge in [-0.2, -0.15) is 0 Å². The van der Waals surface area contributed by atoms with Crippen molar-refractivity contribution in [1.82, 2.24) is 4.90 Å². The number of hydrogen-bond donors (Lipinski definition) is 0. The Bertz CT molecular complexity index is 267. The van der Waals surface area contributed by atoms with E-state index in [0.29, 0.717) is 39.0 Å². The zero-order valence-electron chi connectivity index (χ0n) is 10.6. The van der Waals surface area contributed by atoms with Crippen LogP contribution in [-0.2, 0) is 19.1 Å². The van der Waals surface area contributed by atoms with Gasteiger partial charge < -0.3 is 14.4 Å². The topological polar surface area (TPSA) is 55.8 Å². The zero-order chi connectivity index (χ0) is 12.7. The van der Waals surface area contributed by atoms with Gasteiger partial charge >= 0.3 is 5.97 Å². The number of amides is 1. The Kier molecular flexibility index (Phi) is 5.97. The van der Waals surface area contributed by atoms with Gasteiger partial charge in [-0.15, -0.1) is 0 Å². The van der Waals surface area contributed by atoms with Crippen LogP contribution < -0.4 is 0 Å². The van der Waals surface area contributed by atoms with Crippen LogP contribution >= 0.6 is 0 Å². The highest BCUT2D eigenvalue weighted by molar-refractivity contribution is 5.77. The van der Waals surface area contributed by atoms with Crippen LogP contribution in [0.4, 0.5) is 0 Å². The van der Waals surface area contributed by atoms with Crippen molar-refractivity contribution in [3.63, 3.8) is 0 Å². The fraction of sp³-hybridized carbons (Fsp3) is 0.833. The molecule has 98 valence electrons. The first kappa shape index (κ1) is 14.0. The first-order valence-electron chi connectivity index (χ1n) is 6.13. The smallest absolute Gasteiger partial charge is 0.305 e. The molecule has 1 aliphatic rings. The monoisotopic (exact) mass is 243 g/mol. The molecular formula is C12H21NO4. The van der Waals surface area contributed by atoms with Crippen LogP contribution in [0.3, 0.4) is 0 Å². The molecule has 0 aromatic rings. The van der Waals surface area contributed by atoms with Crippen molar-refractivity contribution < 1.29 is 19.1 Å². The molecular weight excluding hydrogens is 222 g/mol. The van der Waals surface area contributed by atoms with Crippen LogP contribution in [0, 0.1) is 0 Å². The Morgan fingerprint density at radius 3 is 2.82 bits per heavy atom. The fourth-order valence-corrected chi connectivity index (χ4v) is 1.95. The number of methoxy groups -OCH3 is 1. The lowest BCUT2D eigenvalue weighted by Gasteiger charge is -2.35. The number of carbonyl (C=O) groups excluding carboxylic acids is 2. The van der Waals surface area contributed by atoms with E-state index in [9.17, 15) is 9.59 Å². The van der Waals surface area contributed by atoms with Gasteiger partial charge in [0.2, 0.25) is 5.91 Å². The summed E-state index contributed by atoms with van der Waals surface area (Å²) in [6, 6.07) is 0.189. The second-order valence-corrected chi connectivity index (χ2v) is 4.15. The van der Waals surface area contributed by atoms with E-state index in [2.05, 4.69) is 4.74 Å². The van der Waals surface area contributed by atoms with Crippen molar-refractivity contribution in [2.75, 3.05) is 26.9 Å². The minimum atomic E-state index is -0.258. The molecule has 1 amide bonds. The number of nitrogens with zero attached hydrogens (tertiary/aromatic N) is 1. The van der Waals surface area contributed by atoms with Crippen LogP contribution in [0.25, 0.3) is 0 Å². The van der Waals surface area contributed by atoms with Crippen LogP contribution in [0.15, 0.2) is 0 Å². The zero-order valence-corrected chi connectivity index (χ0v) is 10.6. The molecule has 0 aromatic carbocycles. The minimum Gasteiger partial charge on any atom is -0.469 e. The van der Waals surface area contributed by atoms with Crippen LogP contribution in [-0.4, -0.2) is 49.7 Å². The molecule has 5 nitrogen and oxygen atoms in total. The lowest BCUT2D eigenvalue weighted by Crippen LogP contribution is -2.48. The Hall–Kier alpha value is -1.10. The number of esters is 1. The summed E-state index contributed by atoms with van der Waals surface area (Å²) in [5.41, 5.74) is 0. The molecule has 0 radical (unpaired) electrons. The van der Waals surface area contributed by atoms with Gasteiger partial charge in [0.1, 0.15) is 0 Å². The molecule has 0 aliphatic carbocycles. The SMILES string of the molecule is CCC1COCCN1C(=O)CCCC(=O)OC. The molecule has 1 unspecified atom stereocenters. The van der Waals surface area contributed by atoms with Crippen LogP contribution in [0.1, 0.15) is 32.6 Å². The fourth-order valence-electron chi connectivity index (χ4n) is 1.95. The van der Waals surface area contributed by atoms with E-state index in [-0.39, 0.29) is 17.9 Å². The lowest BCUT2D eigenvalue weighted by molar-refractivity contribution is -0.142. The summed E-state index contributed by atoms with van der Waals surface area (Å²) in [6.07, 6.45) is 2.18. The third-order valence-corrected chi connectivity index (χ3v) is 3.02. The van der Waals surface area contributed by atoms with Crippen LogP contribution in [0.5, 0.6) is 0 Å². The van der Waals surface area contributed by atoms with Gasteiger partial charge in [0, 0.05) is 19.4 Å². The first-order valence-corrected chi connectivity index (χ1v) is 6.13. The number of carbonyl (C=O) groups is 2. The number of morpholine rings is 1. The molecule has 1 atom stereocenters. The maximum absolute atomic E-state index is 12.0. The second kappa shape index (κ2) is 7.27. The largest absolute Gasteiger partial charge is 0.469 e. The normalized spacial score (nSPS) is 20.1. The summed E-state index contributed by atoms with van der Waals surface area (Å²) >= 11 is 0. The molecule has 0 bridgehead atoms. The van der Waals surface area contributed by atoms with Crippen molar-refractivity contribution in [2.45, 2.75) is 38.6 Å². The van der Waals surface area contributed by atoms with Gasteiger partial charge in [-0.05, 0) is 12.8 Å². The number of rotatable bonds is 5. The molecule has 0 aromatic heterocycles. The highest BCUT2D eigenvalue weighted by Crippen LogP contribution is 2.13. The Labute approximate surface area is 102 Å². The van der Waals surface area contributed by atoms with Crippen molar-refractivity contribution in [3.05, 3.63) is 0 Å². The summed E-state index contributed by atoms with van der Waals surface area (Å²) in [7, 11) is 1.36. The van der Waals surface area contributed by atoms with Crippen molar-refractivity contribution in [2.24, 2.45) is 0 Å². The van der Waals surface area contributed by atoms with Crippen molar-refractivity contribution in [1.29, 1.82) is 0 Å². The third-order valence-electron chi connectivity index (χ3n) is 3.02. The maximum Gasteiger partial charge on any atom is 0.305 e. The third kappa shape index (κ3) is 4.34. The second-order valence-electron chi connectivity index (χ2n) is 4.15. The molecule has 0 N–H and O–H groups in total. The van der Waals surface area contributed by atoms with Gasteiger partial charge in [-0.25, -0.2) is 0 Å². The van der Waals surface area contributed by atoms with E-state index in [1.807, 2.05) is 11.8 Å². The van der Waals surface area contributed by atoms with Gasteiger partial charge in [-0.1, -0.05) is 6.92 Å². The number of ether oxygens (including phenoxy) is 2. The Balaban J connectivity index is 2.32. The van der Waals surface area contributed by atoms with Gasteiger partial charge in [-0.3, -0.25) is 9.59 Å². The van der Waals surface area contributed by atoms with Crippen molar-refractivity contribution in [3.8, 4) is 0 Å². The Morgan fingerprint density at radius 2 is 2.18 bits per heavy atom. The first-order chi connectivity index (χ1) is 8.19. The molecule has 0 saturated carbocycles. The molecule has 1 fully saturated rings. The lowest BCUT2D eigenvalue weighted by atomic mass is 10.1. The van der Waals surface area contributed by atoms with Gasteiger partial charge in [0.15, 0.2) is 0 Å². The summed E-state index contributed by atoms with van der Waals surface area (Å²) in [4.78, 5) is 24.8. The summed E-state index contributed by atoms with van der Waals surface area (Å²) in [5.74, 6) is -0.143. The standard InChI is InChI=1S/C12H21NO4/c1-3-10-9-17-8-7-13(10)11(14)5-4-6-12(15)16-2/h10H,3-9H2,1-2H3. The van der Waals surface area contributed by atoms with E-state index in [0.717, 1.165) is 6.42 Å². The molecule has 1 aliphatic heterocycles. The number of hydrogen-bond acceptors (Lipinski definition) is 4. The van der Waals surface area contributed by atoms with E-state index in [1.165, 1.54) is 7.11 Å². The average molecular weight is 243 g/mol.